The number of nitrogens with one attached hydrogen (secondary N) is 1. The van der Waals surface area contributed by atoms with Crippen LogP contribution in [0.4, 0.5) is 5.69 Å². The van der Waals surface area contributed by atoms with E-state index in [0.717, 1.165) is 31.4 Å². The van der Waals surface area contributed by atoms with Crippen molar-refractivity contribution in [2.75, 3.05) is 11.9 Å². The Balaban J connectivity index is 2.22. The van der Waals surface area contributed by atoms with E-state index in [2.05, 4.69) is 10.1 Å². The topological polar surface area (TPSA) is 55.4 Å². The maximum absolute atomic E-state index is 10.8. The third-order valence-corrected chi connectivity index (χ3v) is 2.57. The Morgan fingerprint density at radius 1 is 1.22 bits per heavy atom. The molecule has 4 heteroatoms. The quantitative estimate of drug-likeness (QED) is 0.569. The molecule has 0 radical (unpaired) electrons. The summed E-state index contributed by atoms with van der Waals surface area (Å²) in [5, 5.41) is 2.73. The van der Waals surface area contributed by atoms with Crippen LogP contribution in [0.2, 0.25) is 0 Å². The summed E-state index contributed by atoms with van der Waals surface area (Å²) in [6.07, 6.45) is 4.02. The molecule has 1 amide bonds. The number of ether oxygens (including phenoxy) is 1. The molecule has 1 rings (SSSR count). The molecular weight excluding hydrogens is 230 g/mol. The lowest BCUT2D eigenvalue weighted by molar-refractivity contribution is -0.128. The number of rotatable bonds is 8. The summed E-state index contributed by atoms with van der Waals surface area (Å²) in [4.78, 5) is 20.8. The van der Waals surface area contributed by atoms with Gasteiger partial charge in [0, 0.05) is 12.6 Å². The van der Waals surface area contributed by atoms with E-state index in [9.17, 15) is 9.59 Å². The number of anilines is 1. The fourth-order valence-electron chi connectivity index (χ4n) is 1.70. The Bertz CT molecular complexity index is 373. The van der Waals surface area contributed by atoms with Crippen LogP contribution in [0.1, 0.15) is 31.7 Å². The normalized spacial score (nSPS) is 9.83. The van der Waals surface area contributed by atoms with Crippen molar-refractivity contribution < 1.29 is 14.3 Å². The number of benzene rings is 1. The van der Waals surface area contributed by atoms with Crippen LogP contribution < -0.4 is 5.32 Å². The van der Waals surface area contributed by atoms with Gasteiger partial charge in [0.25, 0.3) is 6.47 Å². The highest BCUT2D eigenvalue weighted by Crippen LogP contribution is 2.12. The standard InChI is InChI=1S/C14H19NO3/c1-12(17)15-14-8-6-13(7-9-14)5-3-2-4-10-18-11-16/h6-9,11H,2-5,10H2,1H3,(H,15,17). The predicted molar refractivity (Wildman–Crippen MR) is 70.3 cm³/mol. The van der Waals surface area contributed by atoms with Gasteiger partial charge < -0.3 is 10.1 Å². The molecule has 0 saturated heterocycles. The van der Waals surface area contributed by atoms with Gasteiger partial charge in [0.1, 0.15) is 0 Å². The number of hydrogen-bond acceptors (Lipinski definition) is 3. The molecule has 4 nitrogen and oxygen atoms in total. The summed E-state index contributed by atoms with van der Waals surface area (Å²) in [6, 6.07) is 7.86. The average molecular weight is 249 g/mol. The Labute approximate surface area is 107 Å². The Morgan fingerprint density at radius 2 is 1.94 bits per heavy atom. The van der Waals surface area contributed by atoms with Crippen molar-refractivity contribution in [2.24, 2.45) is 0 Å². The van der Waals surface area contributed by atoms with E-state index >= 15 is 0 Å². The molecule has 0 spiro atoms. The van der Waals surface area contributed by atoms with Crippen LogP contribution in [-0.4, -0.2) is 19.0 Å². The minimum atomic E-state index is -0.0575. The van der Waals surface area contributed by atoms with Crippen molar-refractivity contribution in [3.05, 3.63) is 29.8 Å². The first-order chi connectivity index (χ1) is 8.72. The number of amides is 1. The number of carbonyl (C=O) groups is 2. The van der Waals surface area contributed by atoms with Gasteiger partial charge in [-0.15, -0.1) is 0 Å². The first-order valence-electron chi connectivity index (χ1n) is 6.14. The largest absolute Gasteiger partial charge is 0.468 e. The first-order valence-corrected chi connectivity index (χ1v) is 6.14. The molecule has 0 saturated carbocycles. The summed E-state index contributed by atoms with van der Waals surface area (Å²) in [6.45, 7) is 2.49. The lowest BCUT2D eigenvalue weighted by atomic mass is 10.1. The molecule has 1 aromatic carbocycles. The van der Waals surface area contributed by atoms with E-state index < -0.39 is 0 Å². The van der Waals surface area contributed by atoms with Crippen molar-refractivity contribution in [3.63, 3.8) is 0 Å². The van der Waals surface area contributed by atoms with Gasteiger partial charge in [0.05, 0.1) is 6.61 Å². The minimum absolute atomic E-state index is 0.0575. The van der Waals surface area contributed by atoms with E-state index in [1.807, 2.05) is 24.3 Å². The Kier molecular flexibility index (Phi) is 6.54. The fraction of sp³-hybridized carbons (Fsp3) is 0.429. The smallest absolute Gasteiger partial charge is 0.293 e. The van der Waals surface area contributed by atoms with Crippen LogP contribution in [0.15, 0.2) is 24.3 Å². The SMILES string of the molecule is CC(=O)Nc1ccc(CCCCCOC=O)cc1. The Morgan fingerprint density at radius 3 is 2.56 bits per heavy atom. The van der Waals surface area contributed by atoms with E-state index in [-0.39, 0.29) is 5.91 Å². The van der Waals surface area contributed by atoms with Crippen molar-refractivity contribution >= 4 is 18.1 Å². The zero-order chi connectivity index (χ0) is 13.2. The molecule has 0 fully saturated rings. The van der Waals surface area contributed by atoms with E-state index in [1.165, 1.54) is 12.5 Å². The molecule has 98 valence electrons. The summed E-state index contributed by atoms with van der Waals surface area (Å²) in [7, 11) is 0. The van der Waals surface area contributed by atoms with Crippen LogP contribution in [-0.2, 0) is 20.7 Å². The predicted octanol–water partition coefficient (Wildman–Crippen LogP) is 2.53. The third-order valence-electron chi connectivity index (χ3n) is 2.57. The molecule has 0 unspecified atom stereocenters. The minimum Gasteiger partial charge on any atom is -0.468 e. The summed E-state index contributed by atoms with van der Waals surface area (Å²) >= 11 is 0. The van der Waals surface area contributed by atoms with Crippen LogP contribution in [0.25, 0.3) is 0 Å². The molecule has 18 heavy (non-hydrogen) atoms. The molecule has 1 aromatic rings. The van der Waals surface area contributed by atoms with Crippen molar-refractivity contribution in [1.29, 1.82) is 0 Å². The molecule has 0 aliphatic rings. The number of carbonyl (C=O) groups excluding carboxylic acids is 2. The Hall–Kier alpha value is -1.84. The highest BCUT2D eigenvalue weighted by molar-refractivity contribution is 5.88. The zero-order valence-electron chi connectivity index (χ0n) is 10.6. The monoisotopic (exact) mass is 249 g/mol. The maximum Gasteiger partial charge on any atom is 0.293 e. The maximum atomic E-state index is 10.8. The highest BCUT2D eigenvalue weighted by Gasteiger charge is 1.97. The van der Waals surface area contributed by atoms with E-state index in [1.54, 1.807) is 0 Å². The molecule has 0 heterocycles. The molecule has 0 aromatic heterocycles. The van der Waals surface area contributed by atoms with E-state index in [4.69, 9.17) is 0 Å². The molecule has 0 aliphatic heterocycles. The van der Waals surface area contributed by atoms with E-state index in [0.29, 0.717) is 13.1 Å². The van der Waals surface area contributed by atoms with Gasteiger partial charge in [-0.05, 0) is 43.4 Å². The second-order valence-corrected chi connectivity index (χ2v) is 4.16. The van der Waals surface area contributed by atoms with Gasteiger partial charge in [-0.25, -0.2) is 0 Å². The van der Waals surface area contributed by atoms with Gasteiger partial charge in [0.15, 0.2) is 0 Å². The number of unbranched alkanes of at least 4 members (excludes halogenated alkanes) is 2. The number of aryl methyl sites for hydroxylation is 1. The van der Waals surface area contributed by atoms with Crippen LogP contribution in [0, 0.1) is 0 Å². The van der Waals surface area contributed by atoms with Crippen molar-refractivity contribution in [2.45, 2.75) is 32.6 Å². The number of hydrogen-bond donors (Lipinski definition) is 1. The molecule has 0 atom stereocenters. The van der Waals surface area contributed by atoms with Crippen LogP contribution in [0.5, 0.6) is 0 Å². The second-order valence-electron chi connectivity index (χ2n) is 4.16. The van der Waals surface area contributed by atoms with Crippen LogP contribution in [0.3, 0.4) is 0 Å². The highest BCUT2D eigenvalue weighted by atomic mass is 16.5. The molecule has 1 N–H and O–H groups in total. The fourth-order valence-corrected chi connectivity index (χ4v) is 1.70. The lowest BCUT2D eigenvalue weighted by Crippen LogP contribution is -2.05. The van der Waals surface area contributed by atoms with Gasteiger partial charge in [0.2, 0.25) is 5.91 Å². The van der Waals surface area contributed by atoms with Gasteiger partial charge in [-0.1, -0.05) is 12.1 Å². The summed E-state index contributed by atoms with van der Waals surface area (Å²) in [5.41, 5.74) is 2.08. The van der Waals surface area contributed by atoms with Gasteiger partial charge in [-0.3, -0.25) is 9.59 Å². The molecule has 0 aliphatic carbocycles. The summed E-state index contributed by atoms with van der Waals surface area (Å²) in [5.74, 6) is -0.0575. The van der Waals surface area contributed by atoms with Crippen molar-refractivity contribution in [3.8, 4) is 0 Å². The molecular formula is C14H19NO3. The second kappa shape index (κ2) is 8.28. The average Bonchev–Trinajstić information content (AvgIpc) is 2.35. The molecule has 0 bridgehead atoms. The zero-order valence-corrected chi connectivity index (χ0v) is 10.6. The van der Waals surface area contributed by atoms with Crippen LogP contribution >= 0.6 is 0 Å². The summed E-state index contributed by atoms with van der Waals surface area (Å²) < 4.78 is 4.62. The third kappa shape index (κ3) is 6.03. The van der Waals surface area contributed by atoms with Crippen molar-refractivity contribution in [1.82, 2.24) is 0 Å². The first kappa shape index (κ1) is 14.2. The van der Waals surface area contributed by atoms with Gasteiger partial charge in [-0.2, -0.15) is 0 Å². The van der Waals surface area contributed by atoms with Gasteiger partial charge >= 0.3 is 0 Å². The lowest BCUT2D eigenvalue weighted by Gasteiger charge is -2.04.